The van der Waals surface area contributed by atoms with Gasteiger partial charge in [-0.05, 0) is 30.7 Å². The summed E-state index contributed by atoms with van der Waals surface area (Å²) in [4.78, 5) is 27.5. The van der Waals surface area contributed by atoms with Crippen LogP contribution in [0.4, 0.5) is 5.69 Å². The first-order valence-electron chi connectivity index (χ1n) is 8.97. The van der Waals surface area contributed by atoms with E-state index in [1.807, 2.05) is 30.3 Å². The van der Waals surface area contributed by atoms with Crippen molar-refractivity contribution in [3.8, 4) is 0 Å². The van der Waals surface area contributed by atoms with Crippen molar-refractivity contribution in [2.24, 2.45) is 0 Å². The van der Waals surface area contributed by atoms with Crippen LogP contribution in [-0.4, -0.2) is 49.4 Å². The average Bonchev–Trinajstić information content (AvgIpc) is 2.65. The Labute approximate surface area is 175 Å². The second-order valence-corrected chi connectivity index (χ2v) is 9.60. The number of halogens is 1. The van der Waals surface area contributed by atoms with E-state index in [0.717, 1.165) is 16.1 Å². The third-order valence-electron chi connectivity index (χ3n) is 4.86. The summed E-state index contributed by atoms with van der Waals surface area (Å²) in [5.41, 5.74) is -0.119. The summed E-state index contributed by atoms with van der Waals surface area (Å²) in [6, 6.07) is 15.9. The fourth-order valence-electron chi connectivity index (χ4n) is 3.39. The lowest BCUT2D eigenvalue weighted by Crippen LogP contribution is -2.70. The lowest BCUT2D eigenvalue weighted by atomic mass is 9.94. The minimum absolute atomic E-state index is 0.162. The van der Waals surface area contributed by atoms with E-state index in [1.54, 1.807) is 31.2 Å². The first-order chi connectivity index (χ1) is 13.6. The molecule has 0 spiro atoms. The van der Waals surface area contributed by atoms with Crippen LogP contribution >= 0.6 is 11.6 Å². The van der Waals surface area contributed by atoms with Gasteiger partial charge in [-0.2, -0.15) is 4.31 Å². The molecule has 1 aliphatic rings. The molecule has 2 amide bonds. The van der Waals surface area contributed by atoms with Gasteiger partial charge in [0.25, 0.3) is 0 Å². The molecule has 0 bridgehead atoms. The molecule has 2 aromatic rings. The Morgan fingerprint density at radius 1 is 1.17 bits per heavy atom. The monoisotopic (exact) mass is 435 g/mol. The van der Waals surface area contributed by atoms with Gasteiger partial charge in [0.05, 0.1) is 12.8 Å². The van der Waals surface area contributed by atoms with Crippen LogP contribution in [0.5, 0.6) is 0 Å². The molecule has 0 aliphatic carbocycles. The largest absolute Gasteiger partial charge is 0.350 e. The number of anilines is 1. The van der Waals surface area contributed by atoms with E-state index in [2.05, 4.69) is 5.32 Å². The molecule has 1 N–H and O–H groups in total. The van der Waals surface area contributed by atoms with Gasteiger partial charge in [0, 0.05) is 23.8 Å². The van der Waals surface area contributed by atoms with E-state index in [0.29, 0.717) is 10.7 Å². The molecular formula is C20H22ClN3O4S. The fourth-order valence-corrected chi connectivity index (χ4v) is 4.40. The van der Waals surface area contributed by atoms with E-state index in [9.17, 15) is 18.0 Å². The normalized spacial score (nSPS) is 20.5. The Morgan fingerprint density at radius 2 is 1.86 bits per heavy atom. The fraction of sp³-hybridized carbons (Fsp3) is 0.300. The molecule has 154 valence electrons. The van der Waals surface area contributed by atoms with Gasteiger partial charge < -0.3 is 5.32 Å². The average molecular weight is 436 g/mol. The van der Waals surface area contributed by atoms with E-state index in [-0.39, 0.29) is 19.6 Å². The van der Waals surface area contributed by atoms with Crippen molar-refractivity contribution in [1.82, 2.24) is 9.62 Å². The highest BCUT2D eigenvalue weighted by atomic mass is 35.5. The zero-order valence-electron chi connectivity index (χ0n) is 16.1. The number of hydrogen-bond donors (Lipinski definition) is 1. The summed E-state index contributed by atoms with van der Waals surface area (Å²) < 4.78 is 25.3. The SMILES string of the molecule is CC1(C(=O)NCc2ccccc2)CN(S(C)(=O)=O)CC(=O)N1c1cccc(Cl)c1. The molecule has 2 aromatic carbocycles. The molecule has 7 nitrogen and oxygen atoms in total. The molecule has 9 heteroatoms. The lowest BCUT2D eigenvalue weighted by Gasteiger charge is -2.46. The van der Waals surface area contributed by atoms with E-state index < -0.39 is 27.4 Å². The highest BCUT2D eigenvalue weighted by Crippen LogP contribution is 2.32. The number of benzene rings is 2. The Morgan fingerprint density at radius 3 is 2.48 bits per heavy atom. The van der Waals surface area contributed by atoms with Gasteiger partial charge in [0.15, 0.2) is 0 Å². The first kappa shape index (κ1) is 21.3. The third kappa shape index (κ3) is 4.60. The highest BCUT2D eigenvalue weighted by Gasteiger charge is 2.50. The van der Waals surface area contributed by atoms with Crippen LogP contribution in [0.2, 0.25) is 5.02 Å². The molecule has 0 saturated carbocycles. The van der Waals surface area contributed by atoms with Crippen LogP contribution in [0.25, 0.3) is 0 Å². The predicted octanol–water partition coefficient (Wildman–Crippen LogP) is 2.02. The molecule has 1 heterocycles. The van der Waals surface area contributed by atoms with Crippen molar-refractivity contribution in [3.63, 3.8) is 0 Å². The molecule has 1 fully saturated rings. The second kappa shape index (κ2) is 8.14. The number of nitrogens with zero attached hydrogens (tertiary/aromatic N) is 2. The highest BCUT2D eigenvalue weighted by molar-refractivity contribution is 7.88. The molecule has 0 radical (unpaired) electrons. The van der Waals surface area contributed by atoms with Gasteiger partial charge >= 0.3 is 0 Å². The minimum Gasteiger partial charge on any atom is -0.350 e. The maximum atomic E-state index is 13.2. The Kier molecular flexibility index (Phi) is 5.97. The first-order valence-corrected chi connectivity index (χ1v) is 11.2. The summed E-state index contributed by atoms with van der Waals surface area (Å²) in [5.74, 6) is -0.954. The Balaban J connectivity index is 1.96. The molecule has 1 atom stereocenters. The lowest BCUT2D eigenvalue weighted by molar-refractivity contribution is -0.133. The number of amides is 2. The number of carbonyl (C=O) groups is 2. The maximum Gasteiger partial charge on any atom is 0.247 e. The quantitative estimate of drug-likeness (QED) is 0.778. The van der Waals surface area contributed by atoms with Crippen molar-refractivity contribution in [3.05, 3.63) is 65.2 Å². The van der Waals surface area contributed by atoms with Crippen molar-refractivity contribution < 1.29 is 18.0 Å². The molecule has 1 unspecified atom stereocenters. The van der Waals surface area contributed by atoms with Gasteiger partial charge in [-0.25, -0.2) is 8.42 Å². The Bertz CT molecular complexity index is 1030. The number of sulfonamides is 1. The van der Waals surface area contributed by atoms with E-state index >= 15 is 0 Å². The number of rotatable bonds is 5. The van der Waals surface area contributed by atoms with Gasteiger partial charge in [0.1, 0.15) is 5.54 Å². The minimum atomic E-state index is -3.66. The van der Waals surface area contributed by atoms with Gasteiger partial charge in [0.2, 0.25) is 21.8 Å². The topological polar surface area (TPSA) is 86.8 Å². The van der Waals surface area contributed by atoms with Crippen LogP contribution < -0.4 is 10.2 Å². The van der Waals surface area contributed by atoms with Gasteiger partial charge in [-0.15, -0.1) is 0 Å². The maximum absolute atomic E-state index is 13.2. The van der Waals surface area contributed by atoms with Crippen molar-refractivity contribution in [2.75, 3.05) is 24.2 Å². The smallest absolute Gasteiger partial charge is 0.247 e. The van der Waals surface area contributed by atoms with Crippen molar-refractivity contribution >= 4 is 39.1 Å². The molecule has 0 aromatic heterocycles. The number of piperazine rings is 1. The predicted molar refractivity (Wildman–Crippen MR) is 112 cm³/mol. The van der Waals surface area contributed by atoms with Gasteiger partial charge in [-0.1, -0.05) is 48.0 Å². The van der Waals surface area contributed by atoms with Crippen LogP contribution in [0.3, 0.4) is 0 Å². The van der Waals surface area contributed by atoms with Crippen molar-refractivity contribution in [2.45, 2.75) is 19.0 Å². The molecule has 29 heavy (non-hydrogen) atoms. The Hall–Kier alpha value is -2.42. The number of carbonyl (C=O) groups excluding carboxylic acids is 2. The molecule has 1 saturated heterocycles. The van der Waals surface area contributed by atoms with Crippen LogP contribution in [0, 0.1) is 0 Å². The molecule has 3 rings (SSSR count). The van der Waals surface area contributed by atoms with Crippen molar-refractivity contribution in [1.29, 1.82) is 0 Å². The number of hydrogen-bond acceptors (Lipinski definition) is 4. The zero-order valence-corrected chi connectivity index (χ0v) is 17.7. The van der Waals surface area contributed by atoms with E-state index in [4.69, 9.17) is 11.6 Å². The van der Waals surface area contributed by atoms with Crippen LogP contribution in [-0.2, 0) is 26.2 Å². The van der Waals surface area contributed by atoms with Crippen LogP contribution in [0.1, 0.15) is 12.5 Å². The third-order valence-corrected chi connectivity index (χ3v) is 6.29. The van der Waals surface area contributed by atoms with E-state index in [1.165, 1.54) is 4.90 Å². The summed E-state index contributed by atoms with van der Waals surface area (Å²) >= 11 is 6.08. The second-order valence-electron chi connectivity index (χ2n) is 7.18. The standard InChI is InChI=1S/C20H22ClN3O4S/c1-20(19(26)22-12-15-7-4-3-5-8-15)14-23(29(2,27)28)13-18(25)24(20)17-10-6-9-16(21)11-17/h3-11H,12-14H2,1-2H3,(H,22,26). The van der Waals surface area contributed by atoms with Gasteiger partial charge in [-0.3, -0.25) is 14.5 Å². The zero-order chi connectivity index (χ0) is 21.2. The summed E-state index contributed by atoms with van der Waals surface area (Å²) in [6.07, 6.45) is 1.03. The van der Waals surface area contributed by atoms with Crippen LogP contribution in [0.15, 0.2) is 54.6 Å². The summed E-state index contributed by atoms with van der Waals surface area (Å²) in [5, 5.41) is 3.24. The molecular weight excluding hydrogens is 414 g/mol. The summed E-state index contributed by atoms with van der Waals surface area (Å²) in [6.45, 7) is 1.31. The number of nitrogens with one attached hydrogen (secondary N) is 1. The molecule has 1 aliphatic heterocycles. The summed E-state index contributed by atoms with van der Waals surface area (Å²) in [7, 11) is -3.66.